The molecule has 2 fully saturated rings. The lowest BCUT2D eigenvalue weighted by Gasteiger charge is -2.36. The molecule has 1 amide bonds. The van der Waals surface area contributed by atoms with E-state index >= 15 is 0 Å². The van der Waals surface area contributed by atoms with Crippen LogP contribution in [0.2, 0.25) is 0 Å². The highest BCUT2D eigenvalue weighted by molar-refractivity contribution is 5.95. The summed E-state index contributed by atoms with van der Waals surface area (Å²) in [5.74, 6) is 0.0240. The zero-order valence-electron chi connectivity index (χ0n) is 17.9. The van der Waals surface area contributed by atoms with Crippen LogP contribution in [0.1, 0.15) is 36.9 Å². The van der Waals surface area contributed by atoms with Gasteiger partial charge in [0.15, 0.2) is 5.65 Å². The number of rotatable bonds is 4. The summed E-state index contributed by atoms with van der Waals surface area (Å²) in [7, 11) is 2.22. The van der Waals surface area contributed by atoms with Crippen molar-refractivity contribution in [3.63, 3.8) is 0 Å². The largest absolute Gasteiger partial charge is 0.352 e. The quantitative estimate of drug-likeness (QED) is 0.725. The van der Waals surface area contributed by atoms with Gasteiger partial charge in [0.05, 0.1) is 5.69 Å². The SMILES string of the molecule is Cc1ccc(-c2ccnc3c2c(C)nn3CC(=O)NC2CC3CCC(C2)N3C)cc1. The smallest absolute Gasteiger partial charge is 0.242 e. The summed E-state index contributed by atoms with van der Waals surface area (Å²) in [6.45, 7) is 4.28. The fourth-order valence-corrected chi connectivity index (χ4v) is 5.30. The average molecular weight is 404 g/mol. The Morgan fingerprint density at radius 3 is 2.50 bits per heavy atom. The fraction of sp³-hybridized carbons (Fsp3) is 0.458. The maximum Gasteiger partial charge on any atom is 0.242 e. The first-order valence-corrected chi connectivity index (χ1v) is 10.9. The van der Waals surface area contributed by atoms with Crippen LogP contribution in [0.4, 0.5) is 0 Å². The van der Waals surface area contributed by atoms with E-state index in [1.54, 1.807) is 4.68 Å². The molecule has 30 heavy (non-hydrogen) atoms. The Hall–Kier alpha value is -2.73. The van der Waals surface area contributed by atoms with Gasteiger partial charge in [-0.05, 0) is 63.8 Å². The molecule has 1 N–H and O–H groups in total. The zero-order valence-corrected chi connectivity index (χ0v) is 17.9. The van der Waals surface area contributed by atoms with Crippen molar-refractivity contribution in [2.24, 2.45) is 0 Å². The maximum atomic E-state index is 12.8. The van der Waals surface area contributed by atoms with E-state index in [4.69, 9.17) is 0 Å². The summed E-state index contributed by atoms with van der Waals surface area (Å²) >= 11 is 0. The molecule has 156 valence electrons. The highest BCUT2D eigenvalue weighted by atomic mass is 16.2. The molecule has 2 saturated heterocycles. The van der Waals surface area contributed by atoms with E-state index in [0.717, 1.165) is 40.7 Å². The first-order valence-electron chi connectivity index (χ1n) is 10.9. The highest BCUT2D eigenvalue weighted by Gasteiger charge is 2.38. The number of pyridine rings is 1. The van der Waals surface area contributed by atoms with Crippen LogP contribution in [0.5, 0.6) is 0 Å². The van der Waals surface area contributed by atoms with Crippen molar-refractivity contribution >= 4 is 16.9 Å². The highest BCUT2D eigenvalue weighted by Crippen LogP contribution is 2.34. The molecule has 1 aromatic carbocycles. The third-order valence-corrected chi connectivity index (χ3v) is 6.93. The number of aromatic nitrogens is 3. The summed E-state index contributed by atoms with van der Waals surface area (Å²) in [6.07, 6.45) is 6.41. The van der Waals surface area contributed by atoms with Gasteiger partial charge in [-0.1, -0.05) is 29.8 Å². The first kappa shape index (κ1) is 19.2. The molecule has 3 aromatic rings. The molecular weight excluding hydrogens is 374 g/mol. The average Bonchev–Trinajstić information content (AvgIpc) is 3.13. The topological polar surface area (TPSA) is 63.1 Å². The van der Waals surface area contributed by atoms with Gasteiger partial charge in [0.25, 0.3) is 0 Å². The van der Waals surface area contributed by atoms with Gasteiger partial charge in [0, 0.05) is 29.7 Å². The Labute approximate surface area is 177 Å². The number of amides is 1. The summed E-state index contributed by atoms with van der Waals surface area (Å²) in [6, 6.07) is 12.0. The standard InChI is InChI=1S/C24H29N5O/c1-15-4-6-17(7-5-15)21-10-11-25-24-23(21)16(2)27-29(24)14-22(30)26-18-12-19-8-9-20(13-18)28(19)3/h4-7,10-11,18-20H,8-9,12-14H2,1-3H3,(H,26,30). The van der Waals surface area contributed by atoms with E-state index in [9.17, 15) is 4.79 Å². The Balaban J connectivity index is 1.37. The second-order valence-electron chi connectivity index (χ2n) is 8.95. The van der Waals surface area contributed by atoms with Crippen molar-refractivity contribution in [2.45, 2.75) is 64.2 Å². The van der Waals surface area contributed by atoms with Gasteiger partial charge in [-0.15, -0.1) is 0 Å². The van der Waals surface area contributed by atoms with Crippen LogP contribution in [-0.2, 0) is 11.3 Å². The minimum absolute atomic E-state index is 0.0240. The summed E-state index contributed by atoms with van der Waals surface area (Å²) in [5.41, 5.74) is 5.15. The number of hydrogen-bond donors (Lipinski definition) is 1. The molecule has 2 unspecified atom stereocenters. The number of carbonyl (C=O) groups is 1. The van der Waals surface area contributed by atoms with Gasteiger partial charge >= 0.3 is 0 Å². The first-order chi connectivity index (χ1) is 14.5. The molecule has 5 rings (SSSR count). The number of hydrogen-bond acceptors (Lipinski definition) is 4. The molecule has 2 atom stereocenters. The molecule has 0 spiro atoms. The lowest BCUT2D eigenvalue weighted by Crippen LogP contribution is -2.49. The van der Waals surface area contributed by atoms with Crippen LogP contribution < -0.4 is 5.32 Å². The van der Waals surface area contributed by atoms with Gasteiger partial charge < -0.3 is 10.2 Å². The molecule has 2 bridgehead atoms. The van der Waals surface area contributed by atoms with Crippen molar-refractivity contribution in [1.82, 2.24) is 25.0 Å². The van der Waals surface area contributed by atoms with E-state index in [1.807, 2.05) is 19.2 Å². The van der Waals surface area contributed by atoms with Gasteiger partial charge in [-0.25, -0.2) is 9.67 Å². The normalized spacial score (nSPS) is 23.8. The van der Waals surface area contributed by atoms with Crippen molar-refractivity contribution in [3.05, 3.63) is 47.8 Å². The minimum Gasteiger partial charge on any atom is -0.352 e. The molecule has 4 heterocycles. The second-order valence-corrected chi connectivity index (χ2v) is 8.95. The predicted molar refractivity (Wildman–Crippen MR) is 118 cm³/mol. The van der Waals surface area contributed by atoms with Crippen LogP contribution in [0, 0.1) is 13.8 Å². The van der Waals surface area contributed by atoms with E-state index < -0.39 is 0 Å². The van der Waals surface area contributed by atoms with E-state index in [0.29, 0.717) is 12.1 Å². The Bertz CT molecular complexity index is 1070. The third kappa shape index (κ3) is 3.39. The van der Waals surface area contributed by atoms with Crippen molar-refractivity contribution in [2.75, 3.05) is 7.05 Å². The van der Waals surface area contributed by atoms with Gasteiger partial charge in [0.1, 0.15) is 6.54 Å². The van der Waals surface area contributed by atoms with Crippen LogP contribution in [0.3, 0.4) is 0 Å². The van der Waals surface area contributed by atoms with Crippen LogP contribution in [0.15, 0.2) is 36.5 Å². The second kappa shape index (κ2) is 7.51. The Morgan fingerprint density at radius 2 is 1.80 bits per heavy atom. The molecule has 2 aliphatic heterocycles. The number of fused-ring (bicyclic) bond motifs is 3. The molecule has 0 aliphatic carbocycles. The third-order valence-electron chi connectivity index (χ3n) is 6.93. The number of nitrogens with zero attached hydrogens (tertiary/aromatic N) is 4. The van der Waals surface area contributed by atoms with Gasteiger partial charge in [-0.3, -0.25) is 4.79 Å². The molecule has 6 nitrogen and oxygen atoms in total. The monoisotopic (exact) mass is 403 g/mol. The van der Waals surface area contributed by atoms with Crippen LogP contribution in [-0.4, -0.2) is 50.7 Å². The molecule has 2 aromatic heterocycles. The van der Waals surface area contributed by atoms with Crippen molar-refractivity contribution < 1.29 is 4.79 Å². The number of piperidine rings is 1. The minimum atomic E-state index is 0.0240. The van der Waals surface area contributed by atoms with E-state index in [1.165, 1.54) is 18.4 Å². The van der Waals surface area contributed by atoms with Gasteiger partial charge in [-0.2, -0.15) is 5.10 Å². The van der Waals surface area contributed by atoms with Gasteiger partial charge in [0.2, 0.25) is 5.91 Å². The van der Waals surface area contributed by atoms with Crippen LogP contribution >= 0.6 is 0 Å². The maximum absolute atomic E-state index is 12.8. The fourth-order valence-electron chi connectivity index (χ4n) is 5.30. The molecular formula is C24H29N5O. The van der Waals surface area contributed by atoms with Crippen molar-refractivity contribution in [1.29, 1.82) is 0 Å². The predicted octanol–water partition coefficient (Wildman–Crippen LogP) is 3.46. The lowest BCUT2D eigenvalue weighted by atomic mass is 9.98. The summed E-state index contributed by atoms with van der Waals surface area (Å²) in [5, 5.41) is 8.95. The van der Waals surface area contributed by atoms with E-state index in [2.05, 4.69) is 58.5 Å². The van der Waals surface area contributed by atoms with Crippen LogP contribution in [0.25, 0.3) is 22.2 Å². The van der Waals surface area contributed by atoms with Crippen molar-refractivity contribution in [3.8, 4) is 11.1 Å². The number of nitrogens with one attached hydrogen (secondary N) is 1. The molecule has 2 aliphatic rings. The Kier molecular flexibility index (Phi) is 4.82. The zero-order chi connectivity index (χ0) is 20.8. The Morgan fingerprint density at radius 1 is 1.10 bits per heavy atom. The molecule has 6 heteroatoms. The molecule has 0 radical (unpaired) electrons. The lowest BCUT2D eigenvalue weighted by molar-refractivity contribution is -0.123. The number of benzene rings is 1. The van der Waals surface area contributed by atoms with E-state index in [-0.39, 0.29) is 18.5 Å². The molecule has 0 saturated carbocycles. The number of aryl methyl sites for hydroxylation is 2. The number of carbonyl (C=O) groups excluding carboxylic acids is 1. The summed E-state index contributed by atoms with van der Waals surface area (Å²) in [4.78, 5) is 19.9. The summed E-state index contributed by atoms with van der Waals surface area (Å²) < 4.78 is 1.75.